The van der Waals surface area contributed by atoms with E-state index in [-0.39, 0.29) is 29.9 Å². The van der Waals surface area contributed by atoms with Crippen molar-refractivity contribution in [2.45, 2.75) is 69.6 Å². The molecule has 0 aliphatic heterocycles. The summed E-state index contributed by atoms with van der Waals surface area (Å²) in [5.41, 5.74) is 0. The topological polar surface area (TPSA) is 62.7 Å². The summed E-state index contributed by atoms with van der Waals surface area (Å²) in [6, 6.07) is 0.560. The first-order valence-electron chi connectivity index (χ1n) is 8.84. The molecule has 1 saturated carbocycles. The van der Waals surface area contributed by atoms with Gasteiger partial charge in [-0.3, -0.25) is 9.79 Å². The number of nitrogens with one attached hydrogen (secondary N) is 2. The number of methoxy groups -OCH3 is 1. The summed E-state index contributed by atoms with van der Waals surface area (Å²) < 4.78 is 4.64. The quantitative estimate of drug-likeness (QED) is 0.168. The molecule has 1 aliphatic carbocycles. The standard InChI is InChI=1S/C17H33N3O2S.HI/c1-4-18-17(20-14-10-11-15(13-14)23-3)19-12-8-6-5-7-9-16(21)22-2;/h14-15H,4-13H2,1-3H3,(H2,18,19,20);1H. The van der Waals surface area contributed by atoms with Gasteiger partial charge in [-0.05, 0) is 45.3 Å². The summed E-state index contributed by atoms with van der Waals surface area (Å²) in [5, 5.41) is 7.70. The number of hydrogen-bond donors (Lipinski definition) is 2. The molecule has 2 N–H and O–H groups in total. The van der Waals surface area contributed by atoms with Crippen LogP contribution < -0.4 is 10.6 Å². The number of hydrogen-bond acceptors (Lipinski definition) is 4. The van der Waals surface area contributed by atoms with Crippen molar-refractivity contribution in [1.82, 2.24) is 10.6 Å². The number of nitrogens with zero attached hydrogens (tertiary/aromatic N) is 1. The van der Waals surface area contributed by atoms with E-state index >= 15 is 0 Å². The van der Waals surface area contributed by atoms with E-state index in [9.17, 15) is 4.79 Å². The Morgan fingerprint density at radius 3 is 2.62 bits per heavy atom. The van der Waals surface area contributed by atoms with Gasteiger partial charge >= 0.3 is 5.97 Å². The van der Waals surface area contributed by atoms with Crippen molar-refractivity contribution >= 4 is 47.7 Å². The van der Waals surface area contributed by atoms with E-state index in [4.69, 9.17) is 0 Å². The maximum Gasteiger partial charge on any atom is 0.305 e. The van der Waals surface area contributed by atoms with Crippen LogP contribution in [-0.4, -0.2) is 49.7 Å². The van der Waals surface area contributed by atoms with Crippen molar-refractivity contribution in [2.75, 3.05) is 26.5 Å². The minimum Gasteiger partial charge on any atom is -0.469 e. The van der Waals surface area contributed by atoms with Crippen molar-refractivity contribution in [1.29, 1.82) is 0 Å². The Balaban J connectivity index is 0.00000529. The van der Waals surface area contributed by atoms with Gasteiger partial charge in [-0.1, -0.05) is 12.8 Å². The van der Waals surface area contributed by atoms with Crippen LogP contribution in [0.5, 0.6) is 0 Å². The second-order valence-corrected chi connectivity index (χ2v) is 7.15. The molecule has 0 saturated heterocycles. The van der Waals surface area contributed by atoms with Gasteiger partial charge in [0.1, 0.15) is 0 Å². The molecule has 0 aromatic heterocycles. The smallest absolute Gasteiger partial charge is 0.305 e. The molecule has 2 unspecified atom stereocenters. The van der Waals surface area contributed by atoms with Gasteiger partial charge in [0, 0.05) is 30.8 Å². The average molecular weight is 471 g/mol. The Hall–Kier alpha value is -0.180. The summed E-state index contributed by atoms with van der Waals surface area (Å²) in [5.74, 6) is 0.843. The second kappa shape index (κ2) is 15.1. The van der Waals surface area contributed by atoms with E-state index in [1.807, 2.05) is 11.8 Å². The number of halogens is 1. The maximum absolute atomic E-state index is 11.0. The van der Waals surface area contributed by atoms with Gasteiger partial charge < -0.3 is 15.4 Å². The monoisotopic (exact) mass is 471 g/mol. The van der Waals surface area contributed by atoms with Crippen LogP contribution >= 0.6 is 35.7 Å². The molecular formula is C17H34IN3O2S. The molecule has 0 amide bonds. The summed E-state index contributed by atoms with van der Waals surface area (Å²) in [6.45, 7) is 3.83. The minimum atomic E-state index is -0.109. The highest BCUT2D eigenvalue weighted by atomic mass is 127. The number of ether oxygens (including phenoxy) is 1. The molecule has 0 spiro atoms. The van der Waals surface area contributed by atoms with Crippen LogP contribution in [0.2, 0.25) is 0 Å². The van der Waals surface area contributed by atoms with Gasteiger partial charge in [0.15, 0.2) is 5.96 Å². The first-order chi connectivity index (χ1) is 11.2. The summed E-state index contributed by atoms with van der Waals surface area (Å²) in [7, 11) is 1.44. The Morgan fingerprint density at radius 2 is 2.00 bits per heavy atom. The molecule has 1 rings (SSSR count). The minimum absolute atomic E-state index is 0. The largest absolute Gasteiger partial charge is 0.469 e. The van der Waals surface area contributed by atoms with Crippen LogP contribution in [0.3, 0.4) is 0 Å². The second-order valence-electron chi connectivity index (χ2n) is 6.01. The van der Waals surface area contributed by atoms with Gasteiger partial charge in [-0.25, -0.2) is 0 Å². The lowest BCUT2D eigenvalue weighted by Gasteiger charge is -2.17. The Labute approximate surface area is 168 Å². The molecule has 2 atom stereocenters. The van der Waals surface area contributed by atoms with Crippen molar-refractivity contribution in [3.8, 4) is 0 Å². The van der Waals surface area contributed by atoms with Crippen LogP contribution in [-0.2, 0) is 9.53 Å². The molecule has 0 radical (unpaired) electrons. The molecule has 0 heterocycles. The molecule has 0 bridgehead atoms. The fraction of sp³-hybridized carbons (Fsp3) is 0.882. The first-order valence-corrected chi connectivity index (χ1v) is 10.1. The maximum atomic E-state index is 11.0. The third-order valence-electron chi connectivity index (χ3n) is 4.19. The highest BCUT2D eigenvalue weighted by molar-refractivity contribution is 14.0. The number of esters is 1. The van der Waals surface area contributed by atoms with E-state index in [0.29, 0.717) is 12.5 Å². The number of carbonyl (C=O) groups is 1. The van der Waals surface area contributed by atoms with E-state index in [1.165, 1.54) is 26.4 Å². The highest BCUT2D eigenvalue weighted by Gasteiger charge is 2.24. The fourth-order valence-corrected chi connectivity index (χ4v) is 3.62. The van der Waals surface area contributed by atoms with Crippen LogP contribution in [0.25, 0.3) is 0 Å². The van der Waals surface area contributed by atoms with Gasteiger partial charge in [0.05, 0.1) is 7.11 Å². The van der Waals surface area contributed by atoms with Crippen molar-refractivity contribution in [2.24, 2.45) is 4.99 Å². The average Bonchev–Trinajstić information content (AvgIpc) is 3.01. The van der Waals surface area contributed by atoms with Gasteiger partial charge in [-0.15, -0.1) is 24.0 Å². The highest BCUT2D eigenvalue weighted by Crippen LogP contribution is 2.27. The Bertz CT molecular complexity index is 370. The molecular weight excluding hydrogens is 437 g/mol. The number of guanidine groups is 1. The molecule has 1 aliphatic rings. The number of rotatable bonds is 10. The zero-order valence-corrected chi connectivity index (χ0v) is 18.5. The van der Waals surface area contributed by atoms with Crippen LogP contribution in [0.1, 0.15) is 58.3 Å². The van der Waals surface area contributed by atoms with Gasteiger partial charge in [0.2, 0.25) is 0 Å². The number of unbranched alkanes of at least 4 members (excludes halogenated alkanes) is 3. The van der Waals surface area contributed by atoms with E-state index in [1.54, 1.807) is 0 Å². The van der Waals surface area contributed by atoms with E-state index < -0.39 is 0 Å². The van der Waals surface area contributed by atoms with E-state index in [0.717, 1.165) is 50.0 Å². The number of thioether (sulfide) groups is 1. The van der Waals surface area contributed by atoms with Gasteiger partial charge in [-0.2, -0.15) is 11.8 Å². The summed E-state index contributed by atoms with van der Waals surface area (Å²) in [4.78, 5) is 15.7. The molecule has 0 aromatic rings. The lowest BCUT2D eigenvalue weighted by Crippen LogP contribution is -2.42. The zero-order valence-electron chi connectivity index (χ0n) is 15.3. The molecule has 5 nitrogen and oxygen atoms in total. The molecule has 7 heteroatoms. The third kappa shape index (κ3) is 10.6. The lowest BCUT2D eigenvalue weighted by atomic mass is 10.1. The van der Waals surface area contributed by atoms with Crippen LogP contribution in [0.4, 0.5) is 0 Å². The van der Waals surface area contributed by atoms with Crippen molar-refractivity contribution < 1.29 is 9.53 Å². The number of carbonyl (C=O) groups excluding carboxylic acids is 1. The first kappa shape index (κ1) is 23.8. The lowest BCUT2D eigenvalue weighted by molar-refractivity contribution is -0.140. The summed E-state index contributed by atoms with van der Waals surface area (Å²) >= 11 is 1.98. The molecule has 24 heavy (non-hydrogen) atoms. The zero-order chi connectivity index (χ0) is 16.9. The van der Waals surface area contributed by atoms with Crippen LogP contribution in [0.15, 0.2) is 4.99 Å². The van der Waals surface area contributed by atoms with Gasteiger partial charge in [0.25, 0.3) is 0 Å². The van der Waals surface area contributed by atoms with Crippen molar-refractivity contribution in [3.63, 3.8) is 0 Å². The molecule has 142 valence electrons. The predicted molar refractivity (Wildman–Crippen MR) is 115 cm³/mol. The fourth-order valence-electron chi connectivity index (χ4n) is 2.83. The summed E-state index contributed by atoms with van der Waals surface area (Å²) in [6.07, 6.45) is 10.7. The molecule has 1 fully saturated rings. The molecule has 0 aromatic carbocycles. The van der Waals surface area contributed by atoms with E-state index in [2.05, 4.69) is 33.5 Å². The predicted octanol–water partition coefficient (Wildman–Crippen LogP) is 3.57. The normalized spacial score (nSPS) is 20.4. The third-order valence-corrected chi connectivity index (χ3v) is 5.28. The Kier molecular flexibility index (Phi) is 15.0. The number of aliphatic imine (C=N–C) groups is 1. The van der Waals surface area contributed by atoms with Crippen LogP contribution in [0, 0.1) is 0 Å². The SMILES string of the molecule is CCNC(=NCCCCCCC(=O)OC)NC1CCC(SC)C1.I. The Morgan fingerprint density at radius 1 is 1.25 bits per heavy atom. The van der Waals surface area contributed by atoms with Crippen molar-refractivity contribution in [3.05, 3.63) is 0 Å².